The zero-order valence-electron chi connectivity index (χ0n) is 21.1. The van der Waals surface area contributed by atoms with Crippen LogP contribution in [0.4, 0.5) is 22.0 Å². The summed E-state index contributed by atoms with van der Waals surface area (Å²) in [7, 11) is 0. The molecule has 0 spiro atoms. The van der Waals surface area contributed by atoms with Crippen molar-refractivity contribution in [3.63, 3.8) is 0 Å². The number of benzene rings is 3. The van der Waals surface area contributed by atoms with E-state index in [-0.39, 0.29) is 5.82 Å². The van der Waals surface area contributed by atoms with Gasteiger partial charge in [-0.25, -0.2) is 22.0 Å². The number of aryl methyl sites for hydroxylation is 2. The first kappa shape index (κ1) is 31.3. The van der Waals surface area contributed by atoms with Gasteiger partial charge < -0.3 is 0 Å². The zero-order chi connectivity index (χ0) is 26.1. The molecule has 0 nitrogen and oxygen atoms in total. The second-order valence-electron chi connectivity index (χ2n) is 7.82. The average Bonchev–Trinajstić information content (AvgIpc) is 2.79. The minimum atomic E-state index is -0.773. The van der Waals surface area contributed by atoms with Crippen LogP contribution >= 0.6 is 0 Å². The van der Waals surface area contributed by atoms with Crippen molar-refractivity contribution in [3.8, 4) is 0 Å². The van der Waals surface area contributed by atoms with Crippen molar-refractivity contribution in [1.29, 1.82) is 0 Å². The lowest BCUT2D eigenvalue weighted by atomic mass is 10.0. The van der Waals surface area contributed by atoms with Gasteiger partial charge in [-0.05, 0) is 72.2 Å². The molecule has 0 fully saturated rings. The summed E-state index contributed by atoms with van der Waals surface area (Å²) in [5.41, 5.74) is 2.37. The summed E-state index contributed by atoms with van der Waals surface area (Å²) in [5, 5.41) is 0. The Hall–Kier alpha value is -2.69. The quantitative estimate of drug-likeness (QED) is 0.319. The molecule has 0 aliphatic rings. The van der Waals surface area contributed by atoms with E-state index >= 15 is 0 Å². The van der Waals surface area contributed by atoms with Gasteiger partial charge in [0, 0.05) is 6.07 Å². The molecule has 0 atom stereocenters. The van der Waals surface area contributed by atoms with Crippen molar-refractivity contribution in [2.75, 3.05) is 0 Å². The number of rotatable bonds is 5. The summed E-state index contributed by atoms with van der Waals surface area (Å²) < 4.78 is 62.6. The van der Waals surface area contributed by atoms with Crippen LogP contribution in [-0.2, 0) is 19.3 Å². The molecule has 3 aromatic carbocycles. The van der Waals surface area contributed by atoms with E-state index in [1.807, 2.05) is 39.8 Å². The fourth-order valence-corrected chi connectivity index (χ4v) is 2.90. The van der Waals surface area contributed by atoms with Gasteiger partial charge in [-0.2, -0.15) is 0 Å². The van der Waals surface area contributed by atoms with Gasteiger partial charge in [-0.3, -0.25) is 0 Å². The smallest absolute Gasteiger partial charge is 0.159 e. The lowest BCUT2D eigenvalue weighted by Gasteiger charge is -2.04. The third kappa shape index (κ3) is 13.1. The van der Waals surface area contributed by atoms with Gasteiger partial charge in [-0.15, -0.1) is 0 Å². The second kappa shape index (κ2) is 17.7. The Morgan fingerprint density at radius 1 is 0.647 bits per heavy atom. The van der Waals surface area contributed by atoms with Crippen LogP contribution in [0.25, 0.3) is 0 Å². The molecule has 188 valence electrons. The first-order chi connectivity index (χ1) is 16.2. The van der Waals surface area contributed by atoms with Crippen LogP contribution in [0, 0.1) is 35.0 Å². The molecule has 0 saturated carbocycles. The third-order valence-corrected chi connectivity index (χ3v) is 4.44. The fraction of sp³-hybridized carbons (Fsp3) is 0.379. The highest BCUT2D eigenvalue weighted by Gasteiger charge is 2.02. The molecule has 0 radical (unpaired) electrons. The van der Waals surface area contributed by atoms with Crippen LogP contribution in [0.15, 0.2) is 60.7 Å². The molecule has 34 heavy (non-hydrogen) atoms. The monoisotopic (exact) mass is 480 g/mol. The molecule has 0 unspecified atom stereocenters. The molecule has 0 aliphatic carbocycles. The molecule has 0 aromatic heterocycles. The van der Waals surface area contributed by atoms with Gasteiger partial charge in [0.25, 0.3) is 0 Å². The summed E-state index contributed by atoms with van der Waals surface area (Å²) in [6.07, 6.45) is 3.24. The standard InChI is InChI=1S/C10H13F.C9H10F2.C8H8F2.C2H6/c1-8(2)7-9-5-3-4-6-10(9)11;1-2-3-7-4-5-8(10)9(11)6-7;1-2-6-3-7(9)5-8(10)4-6;1-2/h3-6,8H,7H2,1-2H3;4-6H,2-3H2,1H3;3-5H,2H2,1H3;1-2H3. The molecular weight excluding hydrogens is 443 g/mol. The van der Waals surface area contributed by atoms with Gasteiger partial charge in [0.2, 0.25) is 0 Å². The second-order valence-corrected chi connectivity index (χ2v) is 7.82. The van der Waals surface area contributed by atoms with Gasteiger partial charge in [-0.1, -0.05) is 72.2 Å². The molecule has 5 heteroatoms. The van der Waals surface area contributed by atoms with Crippen molar-refractivity contribution >= 4 is 0 Å². The molecule has 3 rings (SSSR count). The fourth-order valence-electron chi connectivity index (χ4n) is 2.90. The number of hydrogen-bond donors (Lipinski definition) is 0. The van der Waals surface area contributed by atoms with E-state index in [2.05, 4.69) is 13.8 Å². The van der Waals surface area contributed by atoms with E-state index in [9.17, 15) is 22.0 Å². The zero-order valence-corrected chi connectivity index (χ0v) is 21.1. The highest BCUT2D eigenvalue weighted by molar-refractivity contribution is 5.19. The maximum atomic E-state index is 12.9. The van der Waals surface area contributed by atoms with Crippen LogP contribution in [0.1, 0.15) is 64.7 Å². The summed E-state index contributed by atoms with van der Waals surface area (Å²) in [5.74, 6) is -2.09. The SMILES string of the molecule is CC.CC(C)Cc1ccccc1F.CCCc1ccc(F)c(F)c1.CCc1cc(F)cc(F)c1. The van der Waals surface area contributed by atoms with E-state index in [4.69, 9.17) is 0 Å². The van der Waals surface area contributed by atoms with Gasteiger partial charge in [0.05, 0.1) is 0 Å². The molecule has 0 heterocycles. The van der Waals surface area contributed by atoms with E-state index in [0.717, 1.165) is 36.5 Å². The average molecular weight is 481 g/mol. The molecule has 0 N–H and O–H groups in total. The lowest BCUT2D eigenvalue weighted by molar-refractivity contribution is 0.507. The van der Waals surface area contributed by atoms with Crippen molar-refractivity contribution in [2.24, 2.45) is 5.92 Å². The Morgan fingerprint density at radius 3 is 1.71 bits per heavy atom. The molecule has 3 aromatic rings. The van der Waals surface area contributed by atoms with Crippen molar-refractivity contribution in [3.05, 3.63) is 106 Å². The first-order valence-electron chi connectivity index (χ1n) is 11.8. The molecule has 0 saturated heterocycles. The number of hydrogen-bond acceptors (Lipinski definition) is 0. The minimum Gasteiger partial charge on any atom is -0.207 e. The molecular formula is C29H37F5. The van der Waals surface area contributed by atoms with E-state index in [1.165, 1.54) is 30.3 Å². The molecule has 0 bridgehead atoms. The number of halogens is 5. The molecule has 0 aliphatic heterocycles. The van der Waals surface area contributed by atoms with Crippen LogP contribution in [0.2, 0.25) is 0 Å². The van der Waals surface area contributed by atoms with Crippen LogP contribution in [0.3, 0.4) is 0 Å². The van der Waals surface area contributed by atoms with Crippen molar-refractivity contribution in [1.82, 2.24) is 0 Å². The summed E-state index contributed by atoms with van der Waals surface area (Å²) in [4.78, 5) is 0. The van der Waals surface area contributed by atoms with Crippen LogP contribution in [0.5, 0.6) is 0 Å². The van der Waals surface area contributed by atoms with E-state index in [1.54, 1.807) is 12.1 Å². The van der Waals surface area contributed by atoms with E-state index in [0.29, 0.717) is 17.9 Å². The Bertz CT molecular complexity index is 931. The molecule has 0 amide bonds. The van der Waals surface area contributed by atoms with Gasteiger partial charge in [0.1, 0.15) is 17.5 Å². The topological polar surface area (TPSA) is 0 Å². The Kier molecular flexibility index (Phi) is 16.3. The minimum absolute atomic E-state index is 0.0822. The van der Waals surface area contributed by atoms with Crippen molar-refractivity contribution < 1.29 is 22.0 Å². The largest absolute Gasteiger partial charge is 0.207 e. The van der Waals surface area contributed by atoms with E-state index < -0.39 is 23.3 Å². The summed E-state index contributed by atoms with van der Waals surface area (Å²) >= 11 is 0. The summed E-state index contributed by atoms with van der Waals surface area (Å²) in [6.45, 7) is 12.0. The Balaban J connectivity index is 0.000000463. The highest BCUT2D eigenvalue weighted by atomic mass is 19.2. The van der Waals surface area contributed by atoms with Crippen LogP contribution < -0.4 is 0 Å². The summed E-state index contributed by atoms with van der Waals surface area (Å²) in [6, 6.07) is 14.5. The van der Waals surface area contributed by atoms with Gasteiger partial charge >= 0.3 is 0 Å². The predicted molar refractivity (Wildman–Crippen MR) is 132 cm³/mol. The van der Waals surface area contributed by atoms with Crippen molar-refractivity contribution in [2.45, 2.75) is 67.2 Å². The first-order valence-corrected chi connectivity index (χ1v) is 11.8. The Labute approximate surface area is 201 Å². The normalized spacial score (nSPS) is 9.76. The Morgan fingerprint density at radius 2 is 1.24 bits per heavy atom. The third-order valence-electron chi connectivity index (χ3n) is 4.44. The van der Waals surface area contributed by atoms with Gasteiger partial charge in [0.15, 0.2) is 11.6 Å². The highest BCUT2D eigenvalue weighted by Crippen LogP contribution is 2.12. The van der Waals surface area contributed by atoms with Crippen LogP contribution in [-0.4, -0.2) is 0 Å². The lowest BCUT2D eigenvalue weighted by Crippen LogP contribution is -1.96. The maximum absolute atomic E-state index is 12.9. The predicted octanol–water partition coefficient (Wildman–Crippen LogP) is 9.49. The maximum Gasteiger partial charge on any atom is 0.159 e.